The molecule has 32 heavy (non-hydrogen) atoms. The molecule has 0 saturated heterocycles. The van der Waals surface area contributed by atoms with Crippen LogP contribution in [0, 0.1) is 6.92 Å². The smallest absolute Gasteiger partial charge is 0.251 e. The minimum absolute atomic E-state index is 0.211. The summed E-state index contributed by atoms with van der Waals surface area (Å²) in [6.45, 7) is 2.68. The Bertz CT molecular complexity index is 1360. The van der Waals surface area contributed by atoms with E-state index in [1.165, 1.54) is 0 Å². The second kappa shape index (κ2) is 8.50. The maximum absolute atomic E-state index is 12.6. The van der Waals surface area contributed by atoms with Crippen molar-refractivity contribution in [1.82, 2.24) is 20.1 Å². The number of aromatic nitrogens is 3. The van der Waals surface area contributed by atoms with Crippen molar-refractivity contribution in [3.8, 4) is 5.00 Å². The molecular formula is C23H17Cl2N5OS. The minimum atomic E-state index is -0.265. The van der Waals surface area contributed by atoms with Crippen LogP contribution in [0.15, 0.2) is 59.6 Å². The SMILES string of the molecule is Cc1cc2c(s1)-n1c(nnc1CNC(=O)c1ccc(Cl)c(Cl)c1)CN=C2c1ccccc1. The summed E-state index contributed by atoms with van der Waals surface area (Å²) in [5.74, 6) is 1.11. The molecule has 0 saturated carbocycles. The summed E-state index contributed by atoms with van der Waals surface area (Å²) in [5.41, 5.74) is 3.45. The van der Waals surface area contributed by atoms with Gasteiger partial charge in [-0.15, -0.1) is 21.5 Å². The molecule has 160 valence electrons. The van der Waals surface area contributed by atoms with Crippen LogP contribution >= 0.6 is 34.5 Å². The number of nitrogens with zero attached hydrogens (tertiary/aromatic N) is 4. The van der Waals surface area contributed by atoms with E-state index in [1.807, 2.05) is 22.8 Å². The molecule has 6 nitrogen and oxygen atoms in total. The van der Waals surface area contributed by atoms with Crippen molar-refractivity contribution in [1.29, 1.82) is 0 Å². The van der Waals surface area contributed by atoms with Crippen LogP contribution < -0.4 is 5.32 Å². The third-order valence-corrected chi connectivity index (χ3v) is 6.88. The van der Waals surface area contributed by atoms with Crippen LogP contribution in [0.25, 0.3) is 5.00 Å². The number of hydrogen-bond acceptors (Lipinski definition) is 5. The Morgan fingerprint density at radius 3 is 2.69 bits per heavy atom. The molecule has 5 rings (SSSR count). The lowest BCUT2D eigenvalue weighted by Crippen LogP contribution is -2.24. The molecule has 9 heteroatoms. The van der Waals surface area contributed by atoms with Gasteiger partial charge in [0.05, 0.1) is 22.3 Å². The van der Waals surface area contributed by atoms with E-state index >= 15 is 0 Å². The van der Waals surface area contributed by atoms with Gasteiger partial charge in [0.1, 0.15) is 11.5 Å². The quantitative estimate of drug-likeness (QED) is 0.433. The van der Waals surface area contributed by atoms with Gasteiger partial charge in [-0.2, -0.15) is 0 Å². The predicted octanol–water partition coefficient (Wildman–Crippen LogP) is 5.23. The average molecular weight is 482 g/mol. The fourth-order valence-corrected chi connectivity index (χ4v) is 4.97. The first-order valence-corrected chi connectivity index (χ1v) is 11.5. The van der Waals surface area contributed by atoms with E-state index < -0.39 is 0 Å². The number of halogens is 2. The van der Waals surface area contributed by atoms with Gasteiger partial charge in [-0.1, -0.05) is 53.5 Å². The number of rotatable bonds is 4. The van der Waals surface area contributed by atoms with Crippen LogP contribution in [0.4, 0.5) is 0 Å². The Morgan fingerprint density at radius 2 is 1.91 bits per heavy atom. The van der Waals surface area contributed by atoms with E-state index in [2.05, 4.69) is 40.6 Å². The van der Waals surface area contributed by atoms with Crippen molar-refractivity contribution in [2.45, 2.75) is 20.0 Å². The molecule has 0 bridgehead atoms. The molecule has 0 fully saturated rings. The zero-order valence-corrected chi connectivity index (χ0v) is 19.3. The fourth-order valence-electron chi connectivity index (χ4n) is 3.62. The highest BCUT2D eigenvalue weighted by molar-refractivity contribution is 7.15. The lowest BCUT2D eigenvalue weighted by molar-refractivity contribution is 0.0949. The van der Waals surface area contributed by atoms with Crippen LogP contribution in [0.1, 0.15) is 38.0 Å². The lowest BCUT2D eigenvalue weighted by atomic mass is 10.0. The zero-order chi connectivity index (χ0) is 22.2. The van der Waals surface area contributed by atoms with Crippen LogP contribution in [-0.2, 0) is 13.1 Å². The van der Waals surface area contributed by atoms with Crippen LogP contribution in [-0.4, -0.2) is 26.4 Å². The zero-order valence-electron chi connectivity index (χ0n) is 17.0. The van der Waals surface area contributed by atoms with Crippen molar-refractivity contribution >= 4 is 46.2 Å². The molecule has 2 aromatic carbocycles. The maximum atomic E-state index is 12.6. The Morgan fingerprint density at radius 1 is 1.09 bits per heavy atom. The van der Waals surface area contributed by atoms with E-state index in [0.29, 0.717) is 28.0 Å². The van der Waals surface area contributed by atoms with Crippen molar-refractivity contribution in [3.63, 3.8) is 0 Å². The second-order valence-corrected chi connectivity index (χ2v) is 9.34. The van der Waals surface area contributed by atoms with Gasteiger partial charge in [0, 0.05) is 21.6 Å². The predicted molar refractivity (Wildman–Crippen MR) is 127 cm³/mol. The molecule has 0 spiro atoms. The van der Waals surface area contributed by atoms with Crippen molar-refractivity contribution in [3.05, 3.63) is 97.9 Å². The van der Waals surface area contributed by atoms with Gasteiger partial charge in [-0.3, -0.25) is 14.4 Å². The highest BCUT2D eigenvalue weighted by Crippen LogP contribution is 2.32. The number of amides is 1. The van der Waals surface area contributed by atoms with Gasteiger partial charge in [0.2, 0.25) is 0 Å². The summed E-state index contributed by atoms with van der Waals surface area (Å²) in [6, 6.07) is 17.0. The lowest BCUT2D eigenvalue weighted by Gasteiger charge is -2.10. The standard InChI is InChI=1S/C23H17Cl2N5OS/c1-13-9-16-21(14-5-3-2-4-6-14)26-11-19-28-29-20(30(19)23(16)32-13)12-27-22(31)15-7-8-17(24)18(25)10-15/h2-10H,11-12H2,1H3,(H,27,31). The highest BCUT2D eigenvalue weighted by atomic mass is 35.5. The first-order chi connectivity index (χ1) is 15.5. The average Bonchev–Trinajstić information content (AvgIpc) is 3.34. The van der Waals surface area contributed by atoms with Crippen molar-refractivity contribution < 1.29 is 4.79 Å². The van der Waals surface area contributed by atoms with Crippen molar-refractivity contribution in [2.75, 3.05) is 0 Å². The summed E-state index contributed by atoms with van der Waals surface area (Å²) >= 11 is 13.6. The number of hydrogen-bond donors (Lipinski definition) is 1. The summed E-state index contributed by atoms with van der Waals surface area (Å²) in [4.78, 5) is 18.6. The molecule has 1 N–H and O–H groups in total. The maximum Gasteiger partial charge on any atom is 0.251 e. The first kappa shape index (κ1) is 20.9. The molecule has 4 aromatic rings. The van der Waals surface area contributed by atoms with Crippen LogP contribution in [0.2, 0.25) is 10.0 Å². The van der Waals surface area contributed by atoms with E-state index in [4.69, 9.17) is 28.2 Å². The highest BCUT2D eigenvalue weighted by Gasteiger charge is 2.25. The minimum Gasteiger partial charge on any atom is -0.345 e. The first-order valence-electron chi connectivity index (χ1n) is 9.88. The number of thiophene rings is 1. The molecular weight excluding hydrogens is 465 g/mol. The number of fused-ring (bicyclic) bond motifs is 3. The topological polar surface area (TPSA) is 72.2 Å². The molecule has 1 aliphatic heterocycles. The third kappa shape index (κ3) is 3.83. The number of carbonyl (C=O) groups excluding carboxylic acids is 1. The molecule has 0 radical (unpaired) electrons. The summed E-state index contributed by atoms with van der Waals surface area (Å²) in [7, 11) is 0. The molecule has 0 unspecified atom stereocenters. The van der Waals surface area contributed by atoms with E-state index in [-0.39, 0.29) is 12.5 Å². The monoisotopic (exact) mass is 481 g/mol. The molecule has 2 aromatic heterocycles. The number of carbonyl (C=O) groups is 1. The Kier molecular flexibility index (Phi) is 5.55. The van der Waals surface area contributed by atoms with Gasteiger partial charge in [-0.25, -0.2) is 0 Å². The summed E-state index contributed by atoms with van der Waals surface area (Å²) < 4.78 is 2.00. The fraction of sp³-hybridized carbons (Fsp3) is 0.130. The molecule has 1 aliphatic rings. The molecule has 3 heterocycles. The van der Waals surface area contributed by atoms with Gasteiger partial charge in [-0.05, 0) is 31.2 Å². The molecule has 0 aliphatic carbocycles. The van der Waals surface area contributed by atoms with E-state index in [1.54, 1.807) is 29.5 Å². The van der Waals surface area contributed by atoms with E-state index in [9.17, 15) is 4.79 Å². The van der Waals surface area contributed by atoms with Gasteiger partial charge >= 0.3 is 0 Å². The number of aliphatic imine (C=N–C) groups is 1. The van der Waals surface area contributed by atoms with Crippen LogP contribution in [0.3, 0.4) is 0 Å². The Balaban J connectivity index is 1.47. The van der Waals surface area contributed by atoms with Crippen LogP contribution in [0.5, 0.6) is 0 Å². The largest absolute Gasteiger partial charge is 0.345 e. The van der Waals surface area contributed by atoms with Gasteiger partial charge < -0.3 is 5.32 Å². The van der Waals surface area contributed by atoms with E-state index in [0.717, 1.165) is 32.5 Å². The number of nitrogens with one attached hydrogen (secondary N) is 1. The summed E-state index contributed by atoms with van der Waals surface area (Å²) in [5, 5.41) is 13.3. The molecule has 1 amide bonds. The number of aryl methyl sites for hydroxylation is 1. The number of benzene rings is 2. The van der Waals surface area contributed by atoms with Crippen molar-refractivity contribution in [2.24, 2.45) is 4.99 Å². The third-order valence-electron chi connectivity index (χ3n) is 5.11. The summed E-state index contributed by atoms with van der Waals surface area (Å²) in [6.07, 6.45) is 0. The van der Waals surface area contributed by atoms with Gasteiger partial charge in [0.25, 0.3) is 5.91 Å². The Labute approximate surface area is 198 Å². The normalized spacial score (nSPS) is 12.5. The molecule has 0 atom stereocenters. The Hall–Kier alpha value is -3.00. The van der Waals surface area contributed by atoms with Gasteiger partial charge in [0.15, 0.2) is 11.6 Å². The second-order valence-electron chi connectivity index (χ2n) is 7.29.